The van der Waals surface area contributed by atoms with E-state index in [1.54, 1.807) is 0 Å². The van der Waals surface area contributed by atoms with E-state index in [0.717, 1.165) is 24.5 Å². The average Bonchev–Trinajstić information content (AvgIpc) is 2.51. The SMILES string of the molecule is CCCC(C)CCCC1COC(c2ccc(F)c(F)c2)OC1. The maximum absolute atomic E-state index is 13.2. The van der Waals surface area contributed by atoms with Gasteiger partial charge in [0.1, 0.15) is 0 Å². The van der Waals surface area contributed by atoms with E-state index in [2.05, 4.69) is 13.8 Å². The van der Waals surface area contributed by atoms with Gasteiger partial charge in [0.2, 0.25) is 0 Å². The van der Waals surface area contributed by atoms with Crippen molar-refractivity contribution in [3.05, 3.63) is 35.4 Å². The fraction of sp³-hybridized carbons (Fsp3) is 0.667. The van der Waals surface area contributed by atoms with Crippen molar-refractivity contribution in [3.8, 4) is 0 Å². The number of rotatable bonds is 7. The number of hydrogen-bond donors (Lipinski definition) is 0. The molecule has 0 N–H and O–H groups in total. The Labute approximate surface area is 131 Å². The molecule has 1 aliphatic rings. The minimum absolute atomic E-state index is 0.398. The van der Waals surface area contributed by atoms with Crippen molar-refractivity contribution in [2.24, 2.45) is 11.8 Å². The van der Waals surface area contributed by atoms with Gasteiger partial charge in [-0.05, 0) is 24.5 Å². The highest BCUT2D eigenvalue weighted by Gasteiger charge is 2.24. The van der Waals surface area contributed by atoms with Crippen LogP contribution in [0.5, 0.6) is 0 Å². The van der Waals surface area contributed by atoms with Gasteiger partial charge in [0.25, 0.3) is 0 Å². The van der Waals surface area contributed by atoms with Gasteiger partial charge in [-0.15, -0.1) is 0 Å². The van der Waals surface area contributed by atoms with Gasteiger partial charge >= 0.3 is 0 Å². The Balaban J connectivity index is 1.72. The number of ether oxygens (including phenoxy) is 2. The molecule has 0 bridgehead atoms. The molecule has 0 aliphatic carbocycles. The minimum atomic E-state index is -0.864. The van der Waals surface area contributed by atoms with E-state index in [0.29, 0.717) is 24.7 Å². The van der Waals surface area contributed by atoms with Crippen LogP contribution in [0, 0.1) is 23.5 Å². The fourth-order valence-electron chi connectivity index (χ4n) is 2.95. The van der Waals surface area contributed by atoms with E-state index in [4.69, 9.17) is 9.47 Å². The summed E-state index contributed by atoms with van der Waals surface area (Å²) in [6.45, 7) is 5.76. The standard InChI is InChI=1S/C18H26F2O2/c1-3-5-13(2)6-4-7-14-11-21-18(22-12-14)15-8-9-16(19)17(20)10-15/h8-10,13-14,18H,3-7,11-12H2,1-2H3. The second-order valence-electron chi connectivity index (χ2n) is 6.36. The summed E-state index contributed by atoms with van der Waals surface area (Å²) in [7, 11) is 0. The maximum Gasteiger partial charge on any atom is 0.183 e. The molecular formula is C18H26F2O2. The quantitative estimate of drug-likeness (QED) is 0.686. The van der Waals surface area contributed by atoms with Crippen LogP contribution in [0.3, 0.4) is 0 Å². The Hall–Kier alpha value is -1.00. The van der Waals surface area contributed by atoms with Gasteiger partial charge in [-0.25, -0.2) is 8.78 Å². The summed E-state index contributed by atoms with van der Waals surface area (Å²) >= 11 is 0. The maximum atomic E-state index is 13.2. The molecule has 124 valence electrons. The van der Waals surface area contributed by atoms with Crippen LogP contribution in [-0.4, -0.2) is 13.2 Å². The summed E-state index contributed by atoms with van der Waals surface area (Å²) in [5, 5.41) is 0. The van der Waals surface area contributed by atoms with E-state index in [-0.39, 0.29) is 0 Å². The molecule has 1 aromatic carbocycles. The average molecular weight is 312 g/mol. The molecular weight excluding hydrogens is 286 g/mol. The predicted octanol–water partition coefficient (Wildman–Crippen LogP) is 5.23. The monoisotopic (exact) mass is 312 g/mol. The Morgan fingerprint density at radius 3 is 2.50 bits per heavy atom. The molecule has 1 atom stereocenters. The largest absolute Gasteiger partial charge is 0.348 e. The van der Waals surface area contributed by atoms with Crippen LogP contribution in [0.15, 0.2) is 18.2 Å². The summed E-state index contributed by atoms with van der Waals surface area (Å²) in [5.74, 6) is -0.531. The first-order chi connectivity index (χ1) is 10.6. The van der Waals surface area contributed by atoms with E-state index in [1.165, 1.54) is 31.7 Å². The van der Waals surface area contributed by atoms with Gasteiger partial charge in [-0.3, -0.25) is 0 Å². The Bertz CT molecular complexity index is 456. The summed E-state index contributed by atoms with van der Waals surface area (Å²) < 4.78 is 37.5. The third-order valence-electron chi connectivity index (χ3n) is 4.27. The molecule has 22 heavy (non-hydrogen) atoms. The van der Waals surface area contributed by atoms with Gasteiger partial charge in [0, 0.05) is 11.5 Å². The number of benzene rings is 1. The Kier molecular flexibility index (Phi) is 6.77. The van der Waals surface area contributed by atoms with Crippen LogP contribution < -0.4 is 0 Å². The van der Waals surface area contributed by atoms with E-state index in [9.17, 15) is 8.78 Å². The lowest BCUT2D eigenvalue weighted by Crippen LogP contribution is -2.27. The van der Waals surface area contributed by atoms with Gasteiger partial charge in [-0.1, -0.05) is 45.6 Å². The second-order valence-corrected chi connectivity index (χ2v) is 6.36. The molecule has 1 saturated heterocycles. The zero-order valence-electron chi connectivity index (χ0n) is 13.5. The van der Waals surface area contributed by atoms with Gasteiger partial charge in [0.15, 0.2) is 17.9 Å². The van der Waals surface area contributed by atoms with Crippen LogP contribution in [0.25, 0.3) is 0 Å². The molecule has 0 spiro atoms. The van der Waals surface area contributed by atoms with Gasteiger partial charge < -0.3 is 9.47 Å². The van der Waals surface area contributed by atoms with Crippen LogP contribution in [-0.2, 0) is 9.47 Å². The first-order valence-electron chi connectivity index (χ1n) is 8.28. The van der Waals surface area contributed by atoms with Crippen molar-refractivity contribution in [1.29, 1.82) is 0 Å². The topological polar surface area (TPSA) is 18.5 Å². The Morgan fingerprint density at radius 2 is 1.86 bits per heavy atom. The van der Waals surface area contributed by atoms with Crippen LogP contribution in [0.4, 0.5) is 8.78 Å². The summed E-state index contributed by atoms with van der Waals surface area (Å²) in [6.07, 6.45) is 5.48. The lowest BCUT2D eigenvalue weighted by Gasteiger charge is -2.30. The first-order valence-corrected chi connectivity index (χ1v) is 8.28. The zero-order chi connectivity index (χ0) is 15.9. The molecule has 1 heterocycles. The molecule has 4 heteroatoms. The molecule has 1 aliphatic heterocycles. The molecule has 0 saturated carbocycles. The summed E-state index contributed by atoms with van der Waals surface area (Å²) in [4.78, 5) is 0. The highest BCUT2D eigenvalue weighted by Crippen LogP contribution is 2.28. The van der Waals surface area contributed by atoms with Crippen molar-refractivity contribution in [2.75, 3.05) is 13.2 Å². The third kappa shape index (κ3) is 5.03. The fourth-order valence-corrected chi connectivity index (χ4v) is 2.95. The van der Waals surface area contributed by atoms with Crippen molar-refractivity contribution < 1.29 is 18.3 Å². The van der Waals surface area contributed by atoms with Crippen LogP contribution in [0.1, 0.15) is 57.8 Å². The van der Waals surface area contributed by atoms with Crippen molar-refractivity contribution >= 4 is 0 Å². The lowest BCUT2D eigenvalue weighted by atomic mass is 9.95. The van der Waals surface area contributed by atoms with E-state index >= 15 is 0 Å². The predicted molar refractivity (Wildman–Crippen MR) is 82.4 cm³/mol. The van der Waals surface area contributed by atoms with E-state index < -0.39 is 17.9 Å². The van der Waals surface area contributed by atoms with Crippen LogP contribution in [0.2, 0.25) is 0 Å². The minimum Gasteiger partial charge on any atom is -0.348 e. The molecule has 2 rings (SSSR count). The number of hydrogen-bond acceptors (Lipinski definition) is 2. The van der Waals surface area contributed by atoms with Gasteiger partial charge in [-0.2, -0.15) is 0 Å². The highest BCUT2D eigenvalue weighted by molar-refractivity contribution is 5.19. The smallest absolute Gasteiger partial charge is 0.183 e. The molecule has 0 amide bonds. The summed E-state index contributed by atoms with van der Waals surface area (Å²) in [6, 6.07) is 3.77. The molecule has 1 fully saturated rings. The lowest BCUT2D eigenvalue weighted by molar-refractivity contribution is -0.206. The van der Waals surface area contributed by atoms with E-state index in [1.807, 2.05) is 0 Å². The molecule has 0 radical (unpaired) electrons. The molecule has 1 unspecified atom stereocenters. The summed E-state index contributed by atoms with van der Waals surface area (Å²) in [5.41, 5.74) is 0.536. The van der Waals surface area contributed by atoms with Crippen molar-refractivity contribution in [3.63, 3.8) is 0 Å². The van der Waals surface area contributed by atoms with Crippen molar-refractivity contribution in [1.82, 2.24) is 0 Å². The number of halogens is 2. The highest BCUT2D eigenvalue weighted by atomic mass is 19.2. The third-order valence-corrected chi connectivity index (χ3v) is 4.27. The second kappa shape index (κ2) is 8.59. The molecule has 1 aromatic rings. The molecule has 2 nitrogen and oxygen atoms in total. The first kappa shape index (κ1) is 17.4. The molecule has 0 aromatic heterocycles. The van der Waals surface area contributed by atoms with Crippen molar-refractivity contribution in [2.45, 2.75) is 52.2 Å². The van der Waals surface area contributed by atoms with Crippen LogP contribution >= 0.6 is 0 Å². The Morgan fingerprint density at radius 1 is 1.14 bits per heavy atom. The normalized spacial score (nSPS) is 23.5. The van der Waals surface area contributed by atoms with Gasteiger partial charge in [0.05, 0.1) is 13.2 Å². The zero-order valence-corrected chi connectivity index (χ0v) is 13.5.